The summed E-state index contributed by atoms with van der Waals surface area (Å²) in [4.78, 5) is 2.44. The van der Waals surface area contributed by atoms with Crippen LogP contribution in [0.5, 0.6) is 0 Å². The molecule has 6 heteroatoms. The molecule has 0 aromatic carbocycles. The second kappa shape index (κ2) is 4.95. The lowest BCUT2D eigenvalue weighted by Crippen LogP contribution is -2.10. The summed E-state index contributed by atoms with van der Waals surface area (Å²) in [5.74, 6) is -6.28. The molecule has 0 amide bonds. The van der Waals surface area contributed by atoms with E-state index in [1.165, 1.54) is 0 Å². The van der Waals surface area contributed by atoms with E-state index >= 15 is 0 Å². The smallest absolute Gasteiger partial charge is 0.253 e. The van der Waals surface area contributed by atoms with E-state index in [2.05, 4.69) is 10.3 Å². The van der Waals surface area contributed by atoms with E-state index in [4.69, 9.17) is 0 Å². The van der Waals surface area contributed by atoms with Gasteiger partial charge in [-0.15, -0.1) is 0 Å². The molecule has 0 unspecified atom stereocenters. The van der Waals surface area contributed by atoms with Crippen LogP contribution in [-0.2, 0) is 0 Å². The Morgan fingerprint density at radius 2 is 1.60 bits per heavy atom. The largest absolute Gasteiger partial charge is 0.380 e. The normalized spacial score (nSPS) is 10.5. The first-order chi connectivity index (χ1) is 7.07. The Labute approximate surface area is 84.3 Å². The molecule has 0 atom stereocenters. The van der Waals surface area contributed by atoms with Gasteiger partial charge >= 0.3 is 0 Å². The number of pyridine rings is 1. The Morgan fingerprint density at radius 3 is 2.07 bits per heavy atom. The Bertz CT molecular complexity index is 328. The second-order valence-corrected chi connectivity index (χ2v) is 2.98. The molecule has 0 saturated carbocycles. The number of anilines is 1. The minimum absolute atomic E-state index is 0.243. The van der Waals surface area contributed by atoms with Gasteiger partial charge in [-0.2, -0.15) is 22.5 Å². The third kappa shape index (κ3) is 2.57. The lowest BCUT2D eigenvalue weighted by molar-refractivity contribution is 0.410. The standard InChI is InChI=1S/C9H10F4N2/c1-2-3-4-14-7-5(10)8(12)15-9(13)6(7)11/h2-4H2,1H3,(H,14,15). The van der Waals surface area contributed by atoms with Gasteiger partial charge in [-0.05, 0) is 6.42 Å². The van der Waals surface area contributed by atoms with Crippen LogP contribution in [0.4, 0.5) is 23.2 Å². The fraction of sp³-hybridized carbons (Fsp3) is 0.444. The lowest BCUT2D eigenvalue weighted by Gasteiger charge is -2.08. The first kappa shape index (κ1) is 11.7. The monoisotopic (exact) mass is 222 g/mol. The zero-order chi connectivity index (χ0) is 11.4. The van der Waals surface area contributed by atoms with E-state index in [-0.39, 0.29) is 6.54 Å². The number of rotatable bonds is 4. The molecular weight excluding hydrogens is 212 g/mol. The maximum Gasteiger partial charge on any atom is 0.253 e. The van der Waals surface area contributed by atoms with Gasteiger partial charge in [-0.3, -0.25) is 0 Å². The van der Waals surface area contributed by atoms with E-state index < -0.39 is 29.2 Å². The van der Waals surface area contributed by atoms with Gasteiger partial charge in [0.2, 0.25) is 11.6 Å². The molecule has 1 rings (SSSR count). The summed E-state index contributed by atoms with van der Waals surface area (Å²) in [7, 11) is 0. The summed E-state index contributed by atoms with van der Waals surface area (Å²) in [6.45, 7) is 2.12. The molecule has 1 aromatic heterocycles. The van der Waals surface area contributed by atoms with Crippen molar-refractivity contribution in [1.29, 1.82) is 0 Å². The summed E-state index contributed by atoms with van der Waals surface area (Å²) in [5.41, 5.74) is -0.798. The fourth-order valence-corrected chi connectivity index (χ4v) is 1.03. The molecule has 2 nitrogen and oxygen atoms in total. The Balaban J connectivity index is 2.94. The van der Waals surface area contributed by atoms with E-state index in [9.17, 15) is 17.6 Å². The first-order valence-corrected chi connectivity index (χ1v) is 4.51. The van der Waals surface area contributed by atoms with Crippen LogP contribution >= 0.6 is 0 Å². The zero-order valence-corrected chi connectivity index (χ0v) is 8.08. The van der Waals surface area contributed by atoms with Crippen LogP contribution in [0, 0.1) is 23.5 Å². The van der Waals surface area contributed by atoms with Crippen LogP contribution < -0.4 is 5.32 Å². The summed E-state index contributed by atoms with van der Waals surface area (Å²) in [6, 6.07) is 0. The third-order valence-electron chi connectivity index (χ3n) is 1.83. The van der Waals surface area contributed by atoms with Gasteiger partial charge in [-0.1, -0.05) is 13.3 Å². The minimum Gasteiger partial charge on any atom is -0.380 e. The van der Waals surface area contributed by atoms with Gasteiger partial charge in [0.1, 0.15) is 5.69 Å². The quantitative estimate of drug-likeness (QED) is 0.481. The molecule has 0 fully saturated rings. The van der Waals surface area contributed by atoms with Crippen molar-refractivity contribution >= 4 is 5.69 Å². The van der Waals surface area contributed by atoms with E-state index in [1.54, 1.807) is 0 Å². The second-order valence-electron chi connectivity index (χ2n) is 2.98. The molecule has 0 radical (unpaired) electrons. The number of nitrogens with zero attached hydrogens (tertiary/aromatic N) is 1. The van der Waals surface area contributed by atoms with E-state index in [0.717, 1.165) is 6.42 Å². The van der Waals surface area contributed by atoms with Gasteiger partial charge in [0.15, 0.2) is 0 Å². The number of aromatic nitrogens is 1. The van der Waals surface area contributed by atoms with Crippen LogP contribution in [0.3, 0.4) is 0 Å². The minimum atomic E-state index is -1.65. The lowest BCUT2D eigenvalue weighted by atomic mass is 10.3. The Hall–Kier alpha value is -1.33. The molecule has 15 heavy (non-hydrogen) atoms. The molecule has 0 aliphatic carbocycles. The van der Waals surface area contributed by atoms with Crippen molar-refractivity contribution in [3.63, 3.8) is 0 Å². The van der Waals surface area contributed by atoms with Crippen molar-refractivity contribution in [3.05, 3.63) is 23.5 Å². The number of hydrogen-bond donors (Lipinski definition) is 1. The molecule has 1 N–H and O–H groups in total. The average molecular weight is 222 g/mol. The molecule has 84 valence electrons. The predicted octanol–water partition coefficient (Wildman–Crippen LogP) is 2.85. The summed E-state index contributed by atoms with van der Waals surface area (Å²) in [6.07, 6.45) is 1.44. The molecule has 0 spiro atoms. The predicted molar refractivity (Wildman–Crippen MR) is 47.5 cm³/mol. The summed E-state index contributed by atoms with van der Waals surface area (Å²) in [5, 5.41) is 2.29. The summed E-state index contributed by atoms with van der Waals surface area (Å²) < 4.78 is 51.1. The van der Waals surface area contributed by atoms with Crippen molar-refractivity contribution < 1.29 is 17.6 Å². The van der Waals surface area contributed by atoms with E-state index in [1.807, 2.05) is 6.92 Å². The molecule has 0 aliphatic heterocycles. The molecule has 0 bridgehead atoms. The highest BCUT2D eigenvalue weighted by atomic mass is 19.2. The maximum absolute atomic E-state index is 13.0. The highest BCUT2D eigenvalue weighted by Gasteiger charge is 2.19. The fourth-order valence-electron chi connectivity index (χ4n) is 1.03. The van der Waals surface area contributed by atoms with Crippen molar-refractivity contribution in [2.45, 2.75) is 19.8 Å². The maximum atomic E-state index is 13.0. The Kier molecular flexibility index (Phi) is 3.88. The third-order valence-corrected chi connectivity index (χ3v) is 1.83. The van der Waals surface area contributed by atoms with Crippen molar-refractivity contribution in [3.8, 4) is 0 Å². The van der Waals surface area contributed by atoms with Crippen LogP contribution in [0.15, 0.2) is 0 Å². The van der Waals surface area contributed by atoms with Crippen LogP contribution in [0.2, 0.25) is 0 Å². The molecule has 1 aromatic rings. The van der Waals surface area contributed by atoms with Gasteiger partial charge in [0.25, 0.3) is 11.9 Å². The van der Waals surface area contributed by atoms with Crippen molar-refractivity contribution in [2.75, 3.05) is 11.9 Å². The molecule has 0 aliphatic rings. The first-order valence-electron chi connectivity index (χ1n) is 4.51. The number of nitrogens with one attached hydrogen (secondary N) is 1. The van der Waals surface area contributed by atoms with Crippen LogP contribution in [0.25, 0.3) is 0 Å². The highest BCUT2D eigenvalue weighted by molar-refractivity contribution is 5.45. The van der Waals surface area contributed by atoms with Gasteiger partial charge in [-0.25, -0.2) is 0 Å². The topological polar surface area (TPSA) is 24.9 Å². The van der Waals surface area contributed by atoms with Crippen LogP contribution in [-0.4, -0.2) is 11.5 Å². The zero-order valence-electron chi connectivity index (χ0n) is 8.08. The van der Waals surface area contributed by atoms with Crippen molar-refractivity contribution in [1.82, 2.24) is 4.98 Å². The summed E-state index contributed by atoms with van der Waals surface area (Å²) >= 11 is 0. The van der Waals surface area contributed by atoms with Gasteiger partial charge in [0.05, 0.1) is 0 Å². The highest BCUT2D eigenvalue weighted by Crippen LogP contribution is 2.21. The van der Waals surface area contributed by atoms with Gasteiger partial charge in [0, 0.05) is 6.54 Å². The number of halogens is 4. The number of hydrogen-bond acceptors (Lipinski definition) is 2. The average Bonchev–Trinajstić information content (AvgIpc) is 2.20. The van der Waals surface area contributed by atoms with E-state index in [0.29, 0.717) is 6.42 Å². The Morgan fingerprint density at radius 1 is 1.07 bits per heavy atom. The number of unbranched alkanes of at least 4 members (excludes halogenated alkanes) is 1. The van der Waals surface area contributed by atoms with Crippen molar-refractivity contribution in [2.24, 2.45) is 0 Å². The SMILES string of the molecule is CCCCNc1c(F)c(F)nc(F)c1F. The molecule has 1 heterocycles. The van der Waals surface area contributed by atoms with Crippen LogP contribution in [0.1, 0.15) is 19.8 Å². The molecular formula is C9H10F4N2. The molecule has 0 saturated heterocycles. The van der Waals surface area contributed by atoms with Gasteiger partial charge < -0.3 is 5.32 Å².